The third kappa shape index (κ3) is 4.45. The number of anilines is 2. The smallest absolute Gasteiger partial charge is 0.262 e. The molecule has 0 atom stereocenters. The van der Waals surface area contributed by atoms with Crippen LogP contribution >= 0.6 is 0 Å². The predicted octanol–water partition coefficient (Wildman–Crippen LogP) is 1.96. The number of hydrogen-bond acceptors (Lipinski definition) is 5. The van der Waals surface area contributed by atoms with Crippen molar-refractivity contribution in [2.75, 3.05) is 42.3 Å². The monoisotopic (exact) mass is 402 g/mol. The summed E-state index contributed by atoms with van der Waals surface area (Å²) < 4.78 is 28.2. The van der Waals surface area contributed by atoms with Gasteiger partial charge in [0, 0.05) is 44.1 Å². The lowest BCUT2D eigenvalue weighted by Crippen LogP contribution is -2.44. The Bertz CT molecular complexity index is 954. The zero-order valence-corrected chi connectivity index (χ0v) is 17.0. The highest BCUT2D eigenvalue weighted by atomic mass is 32.2. The summed E-state index contributed by atoms with van der Waals surface area (Å²) >= 11 is 0. The number of aryl methyl sites for hydroxylation is 1. The number of nitrogens with zero attached hydrogens (tertiary/aromatic N) is 1. The molecule has 0 spiro atoms. The van der Waals surface area contributed by atoms with E-state index < -0.39 is 10.0 Å². The zero-order valence-electron chi connectivity index (χ0n) is 16.2. The second kappa shape index (κ2) is 8.62. The molecule has 7 nitrogen and oxygen atoms in total. The number of nitrogens with one attached hydrogen (secondary N) is 3. The van der Waals surface area contributed by atoms with Crippen LogP contribution in [0.1, 0.15) is 22.8 Å². The van der Waals surface area contributed by atoms with Crippen LogP contribution in [-0.2, 0) is 10.0 Å². The number of carbonyl (C=O) groups is 1. The molecule has 1 heterocycles. The molecule has 0 radical (unpaired) electrons. The molecule has 2 aromatic rings. The molecular weight excluding hydrogens is 376 g/mol. The van der Waals surface area contributed by atoms with Gasteiger partial charge >= 0.3 is 0 Å². The van der Waals surface area contributed by atoms with Gasteiger partial charge in [0.1, 0.15) is 0 Å². The molecule has 0 saturated carbocycles. The van der Waals surface area contributed by atoms with E-state index in [4.69, 9.17) is 0 Å². The lowest BCUT2D eigenvalue weighted by Gasteiger charge is -2.31. The Morgan fingerprint density at radius 1 is 1.14 bits per heavy atom. The highest BCUT2D eigenvalue weighted by Crippen LogP contribution is 2.27. The van der Waals surface area contributed by atoms with Crippen molar-refractivity contribution in [1.29, 1.82) is 0 Å². The topological polar surface area (TPSA) is 90.5 Å². The quantitative estimate of drug-likeness (QED) is 0.687. The first kappa shape index (κ1) is 20.2. The second-order valence-electron chi connectivity index (χ2n) is 6.70. The van der Waals surface area contributed by atoms with Crippen LogP contribution < -0.4 is 20.3 Å². The van der Waals surface area contributed by atoms with E-state index in [1.807, 2.05) is 13.0 Å². The van der Waals surface area contributed by atoms with E-state index in [2.05, 4.69) is 20.3 Å². The van der Waals surface area contributed by atoms with Crippen molar-refractivity contribution in [3.05, 3.63) is 53.6 Å². The number of hydrogen-bond donors (Lipinski definition) is 3. The van der Waals surface area contributed by atoms with Crippen molar-refractivity contribution in [1.82, 2.24) is 10.6 Å². The Morgan fingerprint density at radius 2 is 1.86 bits per heavy atom. The van der Waals surface area contributed by atoms with Gasteiger partial charge in [-0.15, -0.1) is 0 Å². The molecule has 0 aliphatic carbocycles. The Labute approximate surface area is 166 Å². The number of piperazine rings is 1. The Hall–Kier alpha value is -2.58. The number of amides is 1. The lowest BCUT2D eigenvalue weighted by atomic mass is 10.1. The molecule has 3 N–H and O–H groups in total. The van der Waals surface area contributed by atoms with Crippen LogP contribution in [-0.4, -0.2) is 47.0 Å². The van der Waals surface area contributed by atoms with Crippen molar-refractivity contribution in [2.24, 2.45) is 0 Å². The highest BCUT2D eigenvalue weighted by Gasteiger charge is 2.21. The fourth-order valence-corrected chi connectivity index (χ4v) is 4.58. The van der Waals surface area contributed by atoms with Crippen LogP contribution in [0, 0.1) is 6.92 Å². The van der Waals surface area contributed by atoms with E-state index in [0.717, 1.165) is 31.9 Å². The molecule has 8 heteroatoms. The molecule has 2 aromatic carbocycles. The van der Waals surface area contributed by atoms with E-state index in [1.165, 1.54) is 0 Å². The van der Waals surface area contributed by atoms with Crippen molar-refractivity contribution in [2.45, 2.75) is 18.7 Å². The summed E-state index contributed by atoms with van der Waals surface area (Å²) in [6.45, 7) is 7.38. The van der Waals surface area contributed by atoms with E-state index in [9.17, 15) is 13.2 Å². The molecule has 28 heavy (non-hydrogen) atoms. The van der Waals surface area contributed by atoms with Gasteiger partial charge in [-0.25, -0.2) is 8.42 Å². The number of sulfonamides is 1. The van der Waals surface area contributed by atoms with Gasteiger partial charge in [0.15, 0.2) is 0 Å². The largest absolute Gasteiger partial charge is 0.368 e. The van der Waals surface area contributed by atoms with Gasteiger partial charge in [-0.1, -0.05) is 18.2 Å². The maximum atomic E-state index is 12.8. The van der Waals surface area contributed by atoms with E-state index in [0.29, 0.717) is 23.4 Å². The summed E-state index contributed by atoms with van der Waals surface area (Å²) in [4.78, 5) is 15.0. The number of rotatable bonds is 6. The third-order valence-corrected chi connectivity index (χ3v) is 6.21. The van der Waals surface area contributed by atoms with Crippen LogP contribution in [0.25, 0.3) is 0 Å². The predicted molar refractivity (Wildman–Crippen MR) is 112 cm³/mol. The lowest BCUT2D eigenvalue weighted by molar-refractivity contribution is 0.0956. The molecule has 1 aliphatic heterocycles. The molecule has 1 saturated heterocycles. The van der Waals surface area contributed by atoms with Gasteiger partial charge in [0.2, 0.25) is 0 Å². The fourth-order valence-electron chi connectivity index (χ4n) is 3.29. The van der Waals surface area contributed by atoms with Crippen LogP contribution in [0.4, 0.5) is 11.4 Å². The van der Waals surface area contributed by atoms with Gasteiger partial charge in [-0.05, 0) is 43.7 Å². The summed E-state index contributed by atoms with van der Waals surface area (Å²) in [6, 6.07) is 11.9. The molecule has 0 bridgehead atoms. The van der Waals surface area contributed by atoms with E-state index in [1.54, 1.807) is 43.3 Å². The second-order valence-corrected chi connectivity index (χ2v) is 8.35. The van der Waals surface area contributed by atoms with E-state index >= 15 is 0 Å². The van der Waals surface area contributed by atoms with E-state index in [-0.39, 0.29) is 10.8 Å². The normalized spacial score (nSPS) is 14.6. The Balaban J connectivity index is 1.95. The van der Waals surface area contributed by atoms with Crippen molar-refractivity contribution in [3.63, 3.8) is 0 Å². The van der Waals surface area contributed by atoms with Gasteiger partial charge < -0.3 is 15.5 Å². The van der Waals surface area contributed by atoms with Crippen LogP contribution in [0.3, 0.4) is 0 Å². The van der Waals surface area contributed by atoms with Crippen molar-refractivity contribution < 1.29 is 13.2 Å². The van der Waals surface area contributed by atoms with Gasteiger partial charge in [-0.3, -0.25) is 9.52 Å². The minimum Gasteiger partial charge on any atom is -0.368 e. The number of benzene rings is 2. The molecule has 1 aliphatic rings. The SMILES string of the molecule is CCNC(=O)c1cc(NS(=O)(=O)c2ccccc2C)ccc1N1CCNCC1. The van der Waals surface area contributed by atoms with Gasteiger partial charge in [-0.2, -0.15) is 0 Å². The Morgan fingerprint density at radius 3 is 2.54 bits per heavy atom. The molecule has 1 amide bonds. The summed E-state index contributed by atoms with van der Waals surface area (Å²) in [5.41, 5.74) is 2.31. The molecular formula is C20H26N4O3S. The maximum absolute atomic E-state index is 12.8. The Kier molecular flexibility index (Phi) is 6.21. The van der Waals surface area contributed by atoms with Crippen LogP contribution in [0.2, 0.25) is 0 Å². The fraction of sp³-hybridized carbons (Fsp3) is 0.350. The first-order valence-corrected chi connectivity index (χ1v) is 10.9. The van der Waals surface area contributed by atoms with Crippen LogP contribution in [0.15, 0.2) is 47.4 Å². The number of carbonyl (C=O) groups excluding carboxylic acids is 1. The molecule has 150 valence electrons. The molecule has 1 fully saturated rings. The summed E-state index contributed by atoms with van der Waals surface area (Å²) in [7, 11) is -3.74. The average Bonchev–Trinajstić information content (AvgIpc) is 2.68. The minimum absolute atomic E-state index is 0.215. The summed E-state index contributed by atoms with van der Waals surface area (Å²) in [5, 5.41) is 6.10. The molecule has 3 rings (SSSR count). The standard InChI is InChI=1S/C20H26N4O3S/c1-3-22-20(25)17-14-16(8-9-18(17)24-12-10-21-11-13-24)23-28(26,27)19-7-5-4-6-15(19)2/h4-9,14,21,23H,3,10-13H2,1-2H3,(H,22,25). The zero-order chi connectivity index (χ0) is 20.1. The van der Waals surface area contributed by atoms with Crippen LogP contribution in [0.5, 0.6) is 0 Å². The van der Waals surface area contributed by atoms with Crippen molar-refractivity contribution >= 4 is 27.3 Å². The summed E-state index contributed by atoms with van der Waals surface area (Å²) in [6.07, 6.45) is 0. The summed E-state index contributed by atoms with van der Waals surface area (Å²) in [5.74, 6) is -0.215. The van der Waals surface area contributed by atoms with Crippen molar-refractivity contribution in [3.8, 4) is 0 Å². The van der Waals surface area contributed by atoms with Gasteiger partial charge in [0.25, 0.3) is 15.9 Å². The molecule has 0 aromatic heterocycles. The minimum atomic E-state index is -3.74. The molecule has 0 unspecified atom stereocenters. The first-order chi connectivity index (χ1) is 13.4. The third-order valence-electron chi connectivity index (χ3n) is 4.67. The maximum Gasteiger partial charge on any atom is 0.262 e. The average molecular weight is 403 g/mol. The highest BCUT2D eigenvalue weighted by molar-refractivity contribution is 7.92. The first-order valence-electron chi connectivity index (χ1n) is 9.38. The van der Waals surface area contributed by atoms with Gasteiger partial charge in [0.05, 0.1) is 10.5 Å².